The summed E-state index contributed by atoms with van der Waals surface area (Å²) in [5, 5.41) is 17.0. The molecule has 140 valence electrons. The summed E-state index contributed by atoms with van der Waals surface area (Å²) in [7, 11) is 1.63. The standard InChI is InChI=1S/C19H19FN4O3/c1-23-17(10-16(22-23)13-5-7-14(20)8-6-13)19(27)21-11-15(25)12-24-9-3-2-4-18(24)26/h2-10,15,25H,11-12H2,1H3,(H,21,27). The van der Waals surface area contributed by atoms with Crippen LogP contribution < -0.4 is 10.9 Å². The molecular weight excluding hydrogens is 351 g/mol. The number of halogens is 1. The number of aryl methyl sites for hydroxylation is 1. The number of rotatable bonds is 6. The van der Waals surface area contributed by atoms with Gasteiger partial charge in [-0.05, 0) is 36.4 Å². The molecule has 3 rings (SSSR count). The van der Waals surface area contributed by atoms with Crippen molar-refractivity contribution in [3.63, 3.8) is 0 Å². The SMILES string of the molecule is Cn1nc(-c2ccc(F)cc2)cc1C(=O)NCC(O)Cn1ccccc1=O. The van der Waals surface area contributed by atoms with Crippen molar-refractivity contribution in [3.8, 4) is 11.3 Å². The van der Waals surface area contributed by atoms with Gasteiger partial charge in [0.15, 0.2) is 0 Å². The lowest BCUT2D eigenvalue weighted by Crippen LogP contribution is -2.37. The molecule has 0 saturated carbocycles. The van der Waals surface area contributed by atoms with Crippen LogP contribution in [0.3, 0.4) is 0 Å². The average molecular weight is 370 g/mol. The van der Waals surface area contributed by atoms with E-state index < -0.39 is 12.0 Å². The third kappa shape index (κ3) is 4.48. The van der Waals surface area contributed by atoms with Gasteiger partial charge in [0.25, 0.3) is 11.5 Å². The van der Waals surface area contributed by atoms with E-state index in [0.29, 0.717) is 17.0 Å². The van der Waals surface area contributed by atoms with Crippen LogP contribution in [0.5, 0.6) is 0 Å². The van der Waals surface area contributed by atoms with Crippen LogP contribution in [0.1, 0.15) is 10.5 Å². The third-order valence-electron chi connectivity index (χ3n) is 4.06. The molecule has 7 nitrogen and oxygen atoms in total. The molecule has 1 atom stereocenters. The zero-order valence-electron chi connectivity index (χ0n) is 14.7. The van der Waals surface area contributed by atoms with Gasteiger partial charge >= 0.3 is 0 Å². The molecule has 3 aromatic rings. The number of aromatic nitrogens is 3. The van der Waals surface area contributed by atoms with Crippen LogP contribution in [0.4, 0.5) is 4.39 Å². The number of nitrogens with one attached hydrogen (secondary N) is 1. The Morgan fingerprint density at radius 3 is 2.70 bits per heavy atom. The Balaban J connectivity index is 1.63. The first-order valence-electron chi connectivity index (χ1n) is 8.36. The van der Waals surface area contributed by atoms with Gasteiger partial charge in [0.05, 0.1) is 18.3 Å². The Hall–Kier alpha value is -3.26. The summed E-state index contributed by atoms with van der Waals surface area (Å²) in [6.07, 6.45) is 0.655. The lowest BCUT2D eigenvalue weighted by atomic mass is 10.1. The van der Waals surface area contributed by atoms with Crippen molar-refractivity contribution in [3.05, 3.63) is 76.6 Å². The van der Waals surface area contributed by atoms with E-state index in [0.717, 1.165) is 0 Å². The van der Waals surface area contributed by atoms with Gasteiger partial charge in [-0.15, -0.1) is 0 Å². The third-order valence-corrected chi connectivity index (χ3v) is 4.06. The van der Waals surface area contributed by atoms with Crippen molar-refractivity contribution >= 4 is 5.91 Å². The van der Waals surface area contributed by atoms with Gasteiger partial charge in [-0.1, -0.05) is 6.07 Å². The van der Waals surface area contributed by atoms with Gasteiger partial charge in [0, 0.05) is 31.4 Å². The Morgan fingerprint density at radius 1 is 1.26 bits per heavy atom. The van der Waals surface area contributed by atoms with Gasteiger partial charge in [-0.25, -0.2) is 4.39 Å². The first-order chi connectivity index (χ1) is 12.9. The molecule has 0 aliphatic carbocycles. The van der Waals surface area contributed by atoms with Crippen LogP contribution in [0, 0.1) is 5.82 Å². The zero-order chi connectivity index (χ0) is 19.4. The molecule has 0 radical (unpaired) electrons. The number of amides is 1. The van der Waals surface area contributed by atoms with Crippen LogP contribution in [0.15, 0.2) is 59.5 Å². The first kappa shape index (κ1) is 18.5. The van der Waals surface area contributed by atoms with Crippen LogP contribution >= 0.6 is 0 Å². The number of aliphatic hydroxyl groups is 1. The van der Waals surface area contributed by atoms with E-state index in [1.807, 2.05) is 0 Å². The quantitative estimate of drug-likeness (QED) is 0.682. The Morgan fingerprint density at radius 2 is 2.00 bits per heavy atom. The summed E-state index contributed by atoms with van der Waals surface area (Å²) in [6.45, 7) is 0.0589. The first-order valence-corrected chi connectivity index (χ1v) is 8.36. The molecule has 0 fully saturated rings. The fraction of sp³-hybridized carbons (Fsp3) is 0.211. The van der Waals surface area contributed by atoms with Gasteiger partial charge < -0.3 is 15.0 Å². The maximum absolute atomic E-state index is 13.0. The number of benzene rings is 1. The summed E-state index contributed by atoms with van der Waals surface area (Å²) in [6, 6.07) is 12.1. The van der Waals surface area contributed by atoms with Gasteiger partial charge in [-0.3, -0.25) is 14.3 Å². The minimum Gasteiger partial charge on any atom is -0.389 e. The minimum atomic E-state index is -0.918. The van der Waals surface area contributed by atoms with Crippen LogP contribution in [-0.4, -0.2) is 38.0 Å². The van der Waals surface area contributed by atoms with Crippen LogP contribution in [0.25, 0.3) is 11.3 Å². The molecule has 0 saturated heterocycles. The van der Waals surface area contributed by atoms with E-state index >= 15 is 0 Å². The minimum absolute atomic E-state index is 0.0166. The number of pyridine rings is 1. The lowest BCUT2D eigenvalue weighted by molar-refractivity contribution is 0.0894. The van der Waals surface area contributed by atoms with Crippen molar-refractivity contribution in [2.24, 2.45) is 7.05 Å². The van der Waals surface area contributed by atoms with Crippen molar-refractivity contribution in [2.45, 2.75) is 12.6 Å². The molecule has 2 N–H and O–H groups in total. The normalized spacial score (nSPS) is 12.0. The number of aliphatic hydroxyl groups excluding tert-OH is 1. The van der Waals surface area contributed by atoms with Crippen molar-refractivity contribution < 1.29 is 14.3 Å². The number of hydrogen-bond acceptors (Lipinski definition) is 4. The highest BCUT2D eigenvalue weighted by Crippen LogP contribution is 2.19. The molecule has 1 amide bonds. The van der Waals surface area contributed by atoms with Crippen molar-refractivity contribution in [2.75, 3.05) is 6.54 Å². The number of nitrogens with zero attached hydrogens (tertiary/aromatic N) is 3. The number of carbonyl (C=O) groups excluding carboxylic acids is 1. The second kappa shape index (κ2) is 7.96. The fourth-order valence-corrected chi connectivity index (χ4v) is 2.65. The predicted molar refractivity (Wildman–Crippen MR) is 97.6 cm³/mol. The van der Waals surface area contributed by atoms with E-state index in [4.69, 9.17) is 0 Å². The van der Waals surface area contributed by atoms with E-state index in [1.165, 1.54) is 27.4 Å². The highest BCUT2D eigenvalue weighted by atomic mass is 19.1. The predicted octanol–water partition coefficient (Wildman–Crippen LogP) is 1.18. The molecule has 27 heavy (non-hydrogen) atoms. The second-order valence-corrected chi connectivity index (χ2v) is 6.10. The smallest absolute Gasteiger partial charge is 0.269 e. The van der Waals surface area contributed by atoms with E-state index in [9.17, 15) is 19.1 Å². The van der Waals surface area contributed by atoms with E-state index in [2.05, 4.69) is 10.4 Å². The van der Waals surface area contributed by atoms with Gasteiger partial charge in [-0.2, -0.15) is 5.10 Å². The van der Waals surface area contributed by atoms with Gasteiger partial charge in [0.1, 0.15) is 11.5 Å². The van der Waals surface area contributed by atoms with Crippen LogP contribution in [0.2, 0.25) is 0 Å². The molecule has 8 heteroatoms. The Kier molecular flexibility index (Phi) is 5.46. The molecule has 0 spiro atoms. The molecular formula is C19H19FN4O3. The molecule has 2 heterocycles. The average Bonchev–Trinajstić information content (AvgIpc) is 3.04. The van der Waals surface area contributed by atoms with E-state index in [1.54, 1.807) is 43.6 Å². The van der Waals surface area contributed by atoms with Crippen molar-refractivity contribution in [1.29, 1.82) is 0 Å². The lowest BCUT2D eigenvalue weighted by Gasteiger charge is -2.13. The largest absolute Gasteiger partial charge is 0.389 e. The summed E-state index contributed by atoms with van der Waals surface area (Å²) in [4.78, 5) is 24.0. The summed E-state index contributed by atoms with van der Waals surface area (Å²) >= 11 is 0. The van der Waals surface area contributed by atoms with Crippen LogP contribution in [-0.2, 0) is 13.6 Å². The number of carbonyl (C=O) groups is 1. The van der Waals surface area contributed by atoms with Crippen molar-refractivity contribution in [1.82, 2.24) is 19.7 Å². The van der Waals surface area contributed by atoms with Gasteiger partial charge in [0.2, 0.25) is 0 Å². The topological polar surface area (TPSA) is 89.2 Å². The molecule has 1 aromatic carbocycles. The Labute approximate surface area is 154 Å². The molecule has 1 unspecified atom stereocenters. The molecule has 2 aromatic heterocycles. The van der Waals surface area contributed by atoms with E-state index in [-0.39, 0.29) is 24.5 Å². The maximum atomic E-state index is 13.0. The summed E-state index contributed by atoms with van der Waals surface area (Å²) < 4.78 is 15.8. The molecule has 0 aliphatic heterocycles. The summed E-state index contributed by atoms with van der Waals surface area (Å²) in [5.41, 5.74) is 1.31. The highest BCUT2D eigenvalue weighted by molar-refractivity contribution is 5.93. The highest BCUT2D eigenvalue weighted by Gasteiger charge is 2.16. The second-order valence-electron chi connectivity index (χ2n) is 6.10. The fourth-order valence-electron chi connectivity index (χ4n) is 2.65. The zero-order valence-corrected chi connectivity index (χ0v) is 14.7. The summed E-state index contributed by atoms with van der Waals surface area (Å²) in [5.74, 6) is -0.753. The number of hydrogen-bond donors (Lipinski definition) is 2. The Bertz CT molecular complexity index is 995. The maximum Gasteiger partial charge on any atom is 0.269 e. The monoisotopic (exact) mass is 370 g/mol. The molecule has 0 aliphatic rings. The molecule has 0 bridgehead atoms.